The third-order valence-electron chi connectivity index (χ3n) is 3.70. The number of likely N-dealkylation sites (N-methyl/N-ethyl adjacent to an activating group) is 1. The third kappa shape index (κ3) is 6.69. The van der Waals surface area contributed by atoms with Crippen LogP contribution in [-0.4, -0.2) is 66.5 Å². The van der Waals surface area contributed by atoms with Gasteiger partial charge in [-0.25, -0.2) is 4.79 Å². The van der Waals surface area contributed by atoms with Gasteiger partial charge in [0.25, 0.3) is 0 Å². The van der Waals surface area contributed by atoms with E-state index in [1.54, 1.807) is 34.7 Å². The highest BCUT2D eigenvalue weighted by Crippen LogP contribution is 2.20. The molecular formula is C16H28N4O5. The summed E-state index contributed by atoms with van der Waals surface area (Å²) in [5, 5.41) is 7.35. The number of carbonyl (C=O) groups is 4. The van der Waals surface area contributed by atoms with Gasteiger partial charge in [0.1, 0.15) is 11.6 Å². The van der Waals surface area contributed by atoms with Crippen LogP contribution in [0.5, 0.6) is 0 Å². The number of hydrogen-bond acceptors (Lipinski definition) is 6. The first kappa shape index (κ1) is 20.9. The van der Waals surface area contributed by atoms with E-state index in [1.165, 1.54) is 4.90 Å². The van der Waals surface area contributed by atoms with Crippen molar-refractivity contribution in [2.24, 2.45) is 0 Å². The van der Waals surface area contributed by atoms with E-state index in [2.05, 4.69) is 16.0 Å². The number of carbonyl (C=O) groups excluding carboxylic acids is 4. The summed E-state index contributed by atoms with van der Waals surface area (Å²) in [4.78, 5) is 49.1. The molecule has 4 amide bonds. The van der Waals surface area contributed by atoms with Gasteiger partial charge in [-0.05, 0) is 47.6 Å². The molecule has 3 N–H and O–H groups in total. The molecule has 1 fully saturated rings. The molecule has 1 aliphatic heterocycles. The fraction of sp³-hybridized carbons (Fsp3) is 0.750. The van der Waals surface area contributed by atoms with Crippen LogP contribution < -0.4 is 16.0 Å². The quantitative estimate of drug-likeness (QED) is 0.626. The van der Waals surface area contributed by atoms with Crippen LogP contribution in [0.3, 0.4) is 0 Å². The lowest BCUT2D eigenvalue weighted by Gasteiger charge is -2.28. The molecule has 0 spiro atoms. The lowest BCUT2D eigenvalue weighted by Crippen LogP contribution is -2.51. The van der Waals surface area contributed by atoms with Crippen molar-refractivity contribution in [1.29, 1.82) is 0 Å². The maximum absolute atomic E-state index is 12.3. The Balaban J connectivity index is 2.52. The monoisotopic (exact) mass is 356 g/mol. The first-order valence-corrected chi connectivity index (χ1v) is 8.33. The molecule has 0 aromatic heterocycles. The molecule has 142 valence electrons. The zero-order valence-electron chi connectivity index (χ0n) is 15.5. The topological polar surface area (TPSA) is 117 Å². The van der Waals surface area contributed by atoms with Crippen molar-refractivity contribution >= 4 is 23.8 Å². The average molecular weight is 356 g/mol. The van der Waals surface area contributed by atoms with Crippen LogP contribution in [0, 0.1) is 0 Å². The van der Waals surface area contributed by atoms with Crippen molar-refractivity contribution in [1.82, 2.24) is 20.9 Å². The van der Waals surface area contributed by atoms with Gasteiger partial charge in [-0.2, -0.15) is 0 Å². The second-order valence-electron chi connectivity index (χ2n) is 6.97. The van der Waals surface area contributed by atoms with Crippen LogP contribution in [0.1, 0.15) is 40.5 Å². The predicted molar refractivity (Wildman–Crippen MR) is 90.6 cm³/mol. The van der Waals surface area contributed by atoms with Gasteiger partial charge < -0.3 is 15.4 Å². The summed E-state index contributed by atoms with van der Waals surface area (Å²) in [6.45, 7) is 6.96. The van der Waals surface area contributed by atoms with Gasteiger partial charge in [0.2, 0.25) is 17.7 Å². The Hall–Kier alpha value is -2.16. The van der Waals surface area contributed by atoms with Gasteiger partial charge in [-0.3, -0.25) is 24.6 Å². The third-order valence-corrected chi connectivity index (χ3v) is 3.70. The van der Waals surface area contributed by atoms with Crippen LogP contribution >= 0.6 is 0 Å². The molecular weight excluding hydrogens is 328 g/mol. The summed E-state index contributed by atoms with van der Waals surface area (Å²) in [7, 11) is 1.60. The van der Waals surface area contributed by atoms with E-state index < -0.39 is 41.5 Å². The first-order chi connectivity index (χ1) is 11.5. The van der Waals surface area contributed by atoms with Crippen LogP contribution in [0.4, 0.5) is 4.79 Å². The van der Waals surface area contributed by atoms with Crippen LogP contribution in [0.25, 0.3) is 0 Å². The summed E-state index contributed by atoms with van der Waals surface area (Å²) in [5.74, 6) is -1.52. The zero-order valence-corrected chi connectivity index (χ0v) is 15.5. The Morgan fingerprint density at radius 3 is 2.44 bits per heavy atom. The SMILES string of the molecule is CN[C@@H](C)C(=O)NC(=O)CNC(=O)[C@@H]1CCCN1C(=O)OC(C)(C)C. The Bertz CT molecular complexity index is 529. The molecule has 0 saturated carbocycles. The van der Waals surface area contributed by atoms with Gasteiger partial charge in [0.15, 0.2) is 0 Å². The summed E-state index contributed by atoms with van der Waals surface area (Å²) in [6.07, 6.45) is 0.636. The molecule has 9 heteroatoms. The van der Waals surface area contributed by atoms with Gasteiger partial charge in [0, 0.05) is 6.54 Å². The van der Waals surface area contributed by atoms with Gasteiger partial charge in [-0.15, -0.1) is 0 Å². The minimum Gasteiger partial charge on any atom is -0.444 e. The highest BCUT2D eigenvalue weighted by molar-refractivity contribution is 5.99. The maximum Gasteiger partial charge on any atom is 0.410 e. The van der Waals surface area contributed by atoms with E-state index in [0.29, 0.717) is 19.4 Å². The fourth-order valence-corrected chi connectivity index (χ4v) is 2.28. The largest absolute Gasteiger partial charge is 0.444 e. The van der Waals surface area contributed by atoms with Gasteiger partial charge >= 0.3 is 6.09 Å². The van der Waals surface area contributed by atoms with Crippen molar-refractivity contribution in [3.8, 4) is 0 Å². The molecule has 1 rings (SSSR count). The number of nitrogens with zero attached hydrogens (tertiary/aromatic N) is 1. The van der Waals surface area contributed by atoms with E-state index in [1.807, 2.05) is 0 Å². The molecule has 0 unspecified atom stereocenters. The summed E-state index contributed by atoms with van der Waals surface area (Å²) >= 11 is 0. The van der Waals surface area contributed by atoms with Crippen molar-refractivity contribution in [2.45, 2.75) is 58.2 Å². The molecule has 0 radical (unpaired) electrons. The van der Waals surface area contributed by atoms with Crippen molar-refractivity contribution < 1.29 is 23.9 Å². The molecule has 9 nitrogen and oxygen atoms in total. The van der Waals surface area contributed by atoms with E-state index in [4.69, 9.17) is 4.74 Å². The smallest absolute Gasteiger partial charge is 0.410 e. The van der Waals surface area contributed by atoms with E-state index >= 15 is 0 Å². The Kier molecular flexibility index (Phi) is 7.35. The predicted octanol–water partition coefficient (Wildman–Crippen LogP) is -0.247. The lowest BCUT2D eigenvalue weighted by molar-refractivity contribution is -0.133. The van der Waals surface area contributed by atoms with E-state index in [-0.39, 0.29) is 6.54 Å². The highest BCUT2D eigenvalue weighted by Gasteiger charge is 2.36. The van der Waals surface area contributed by atoms with Crippen LogP contribution in [-0.2, 0) is 19.1 Å². The number of imide groups is 1. The van der Waals surface area contributed by atoms with Crippen molar-refractivity contribution in [3.63, 3.8) is 0 Å². The van der Waals surface area contributed by atoms with Gasteiger partial charge in [0.05, 0.1) is 12.6 Å². The minimum absolute atomic E-state index is 0.334. The van der Waals surface area contributed by atoms with Crippen LogP contribution in [0.2, 0.25) is 0 Å². The average Bonchev–Trinajstić information content (AvgIpc) is 2.99. The molecule has 25 heavy (non-hydrogen) atoms. The Morgan fingerprint density at radius 1 is 1.24 bits per heavy atom. The molecule has 1 saturated heterocycles. The number of nitrogens with one attached hydrogen (secondary N) is 3. The highest BCUT2D eigenvalue weighted by atomic mass is 16.6. The molecule has 0 bridgehead atoms. The maximum atomic E-state index is 12.3. The molecule has 0 aliphatic carbocycles. The van der Waals surface area contributed by atoms with E-state index in [9.17, 15) is 19.2 Å². The zero-order chi connectivity index (χ0) is 19.2. The Morgan fingerprint density at radius 2 is 1.88 bits per heavy atom. The molecule has 1 heterocycles. The fourth-order valence-electron chi connectivity index (χ4n) is 2.28. The summed E-state index contributed by atoms with van der Waals surface area (Å²) in [5.41, 5.74) is -0.648. The summed E-state index contributed by atoms with van der Waals surface area (Å²) < 4.78 is 5.30. The van der Waals surface area contributed by atoms with Gasteiger partial charge in [-0.1, -0.05) is 0 Å². The lowest BCUT2D eigenvalue weighted by atomic mass is 10.2. The standard InChI is InChI=1S/C16H28N4O5/c1-10(17-5)13(22)19-12(21)9-18-14(23)11-7-6-8-20(11)15(24)25-16(2,3)4/h10-11,17H,6-9H2,1-5H3,(H,18,23)(H,19,21,22)/t10-,11-/m0/s1. The number of amides is 4. The number of likely N-dealkylation sites (tertiary alicyclic amines) is 1. The molecule has 0 aromatic carbocycles. The van der Waals surface area contributed by atoms with Crippen molar-refractivity contribution in [3.05, 3.63) is 0 Å². The first-order valence-electron chi connectivity index (χ1n) is 8.33. The van der Waals surface area contributed by atoms with E-state index in [0.717, 1.165) is 0 Å². The minimum atomic E-state index is -0.672. The van der Waals surface area contributed by atoms with Crippen LogP contribution in [0.15, 0.2) is 0 Å². The summed E-state index contributed by atoms with van der Waals surface area (Å²) in [6, 6.07) is -1.19. The number of hydrogen-bond donors (Lipinski definition) is 3. The normalized spacial score (nSPS) is 18.4. The molecule has 1 aliphatic rings. The number of ether oxygens (including phenoxy) is 1. The molecule has 0 aromatic rings. The molecule has 2 atom stereocenters. The van der Waals surface area contributed by atoms with Crippen molar-refractivity contribution in [2.75, 3.05) is 20.1 Å². The second-order valence-corrected chi connectivity index (χ2v) is 6.97. The second kappa shape index (κ2) is 8.80. The Labute approximate surface area is 147 Å². The number of rotatable bonds is 5.